The number of benzene rings is 1. The van der Waals surface area contributed by atoms with E-state index in [2.05, 4.69) is 96.3 Å². The minimum Gasteiger partial charge on any atom is -0.464 e. The van der Waals surface area contributed by atoms with E-state index in [9.17, 15) is 9.59 Å². The van der Waals surface area contributed by atoms with Crippen LogP contribution in [0.2, 0.25) is 0 Å². The number of carbonyl (C=O) groups is 3. The standard InChI is InChI=1S/C50H64N8O6S/c1-26-27(2)39(26)45(59)53-42-44(56-23-50(6,24-56)63-8)46-52-37(22-65-46)29-11-14-38-35(18-29)36(19-49(4,5)25-64-48(61)41-30-16-32(17-30)58(54-41)47(42)60)43(34-10-9-15-51-40(34)28(3)62-7)57(38)33-20-55(21-33)31-12-13-31/h9-11,14-15,18,22,26-28,30-33,39,41-42,44,54H,12-13,16-17,19-21,23-25H2,1-8H3,(H,53,59)/t26-,27+,28-,30?,32?,39?,41-,42-,44-/m0/s1. The Hall–Kier alpha value is -4.25. The molecule has 2 amide bonds. The largest absolute Gasteiger partial charge is 0.464 e. The number of hydrogen-bond acceptors (Lipinski definition) is 12. The van der Waals surface area contributed by atoms with Gasteiger partial charge in [-0.2, -0.15) is 0 Å². The number of cyclic esters (lactones) is 1. The predicted molar refractivity (Wildman–Crippen MR) is 248 cm³/mol. The zero-order chi connectivity index (χ0) is 45.3. The molecule has 7 atom stereocenters. The third-order valence-corrected chi connectivity index (χ3v) is 17.2. The van der Waals surface area contributed by atoms with Gasteiger partial charge in [0.25, 0.3) is 5.91 Å². The lowest BCUT2D eigenvalue weighted by atomic mass is 9.73. The summed E-state index contributed by atoms with van der Waals surface area (Å²) in [4.78, 5) is 58.9. The van der Waals surface area contributed by atoms with Crippen molar-refractivity contribution in [2.45, 2.75) is 122 Å². The van der Waals surface area contributed by atoms with Gasteiger partial charge in [0.05, 0.1) is 47.5 Å². The van der Waals surface area contributed by atoms with Gasteiger partial charge in [0.1, 0.15) is 17.1 Å². The zero-order valence-electron chi connectivity index (χ0n) is 39.0. The summed E-state index contributed by atoms with van der Waals surface area (Å²) in [5.41, 5.74) is 9.67. The second-order valence-corrected chi connectivity index (χ2v) is 22.4. The van der Waals surface area contributed by atoms with Gasteiger partial charge in [0.15, 0.2) is 0 Å². The van der Waals surface area contributed by atoms with Crippen molar-refractivity contribution in [2.24, 2.45) is 29.1 Å². The van der Waals surface area contributed by atoms with Crippen LogP contribution in [0.4, 0.5) is 0 Å². The molecule has 346 valence electrons. The molecule has 7 fully saturated rings. The summed E-state index contributed by atoms with van der Waals surface area (Å²) in [6.07, 6.45) is 6.14. The SMILES string of the molecule is CO[C@@H](C)c1ncccc1-c1c2c3cc(ccc3n1C1CN(C3CC3)C1)-c1csc(n1)[C@@H](N1CC(C)(OC)C1)[C@H](NC(=O)C1[C@@H](C)[C@H]1C)C(=O)N1N[C@H](C(=O)OCC(C)(C)C2)C2CC1C2. The molecule has 0 spiro atoms. The number of nitrogens with one attached hydrogen (secondary N) is 2. The summed E-state index contributed by atoms with van der Waals surface area (Å²) in [6, 6.07) is 9.54. The molecule has 3 aliphatic carbocycles. The molecule has 0 radical (unpaired) electrons. The normalized spacial score (nSPS) is 31.6. The lowest BCUT2D eigenvalue weighted by molar-refractivity contribution is -0.174. The van der Waals surface area contributed by atoms with E-state index in [-0.39, 0.29) is 66.2 Å². The first-order chi connectivity index (χ1) is 31.2. The minimum atomic E-state index is -0.964. The van der Waals surface area contributed by atoms with Crippen LogP contribution in [0, 0.1) is 29.1 Å². The van der Waals surface area contributed by atoms with Gasteiger partial charge in [-0.1, -0.05) is 33.8 Å². The van der Waals surface area contributed by atoms with E-state index in [1.165, 1.54) is 29.7 Å². The fourth-order valence-corrected chi connectivity index (χ4v) is 12.7. The Morgan fingerprint density at radius 2 is 1.77 bits per heavy atom. The molecule has 15 heteroatoms. The molecular weight excluding hydrogens is 841 g/mol. The lowest BCUT2D eigenvalue weighted by Gasteiger charge is -2.55. The number of methoxy groups -OCH3 is 2. The first kappa shape index (κ1) is 43.3. The quantitative estimate of drug-likeness (QED) is 0.182. The molecular formula is C50H64N8O6S. The molecule has 12 rings (SSSR count). The number of hydrogen-bond donors (Lipinski definition) is 2. The molecule has 4 aromatic rings. The number of ether oxygens (including phenoxy) is 3. The van der Waals surface area contributed by atoms with Crippen LogP contribution in [0.5, 0.6) is 0 Å². The Morgan fingerprint density at radius 3 is 2.46 bits per heavy atom. The van der Waals surface area contributed by atoms with Gasteiger partial charge in [-0.25, -0.2) is 10.4 Å². The first-order valence-electron chi connectivity index (χ1n) is 23.9. The van der Waals surface area contributed by atoms with Crippen molar-refractivity contribution >= 4 is 40.0 Å². The molecule has 1 aromatic carbocycles. The van der Waals surface area contributed by atoms with E-state index in [1.807, 2.05) is 12.3 Å². The van der Waals surface area contributed by atoms with Crippen molar-refractivity contribution in [3.8, 4) is 22.5 Å². The van der Waals surface area contributed by atoms with Crippen molar-refractivity contribution in [3.63, 3.8) is 0 Å². The van der Waals surface area contributed by atoms with Crippen LogP contribution < -0.4 is 10.7 Å². The number of hydrazine groups is 1. The van der Waals surface area contributed by atoms with Gasteiger partial charge >= 0.3 is 5.97 Å². The molecule has 14 nitrogen and oxygen atoms in total. The van der Waals surface area contributed by atoms with Gasteiger partial charge in [0.2, 0.25) is 5.91 Å². The Morgan fingerprint density at radius 1 is 1.02 bits per heavy atom. The summed E-state index contributed by atoms with van der Waals surface area (Å²) in [5, 5.41) is 8.91. The summed E-state index contributed by atoms with van der Waals surface area (Å²) >= 11 is 1.52. The van der Waals surface area contributed by atoms with E-state index >= 15 is 4.79 Å². The predicted octanol–water partition coefficient (Wildman–Crippen LogP) is 6.32. The molecule has 1 unspecified atom stereocenters. The summed E-state index contributed by atoms with van der Waals surface area (Å²) in [7, 11) is 3.45. The Bertz CT molecular complexity index is 2530. The second-order valence-electron chi connectivity index (χ2n) is 21.5. The van der Waals surface area contributed by atoms with E-state index in [0.717, 1.165) is 57.2 Å². The summed E-state index contributed by atoms with van der Waals surface area (Å²) in [5.74, 6) is -0.410. The maximum absolute atomic E-state index is 15.3. The molecule has 65 heavy (non-hydrogen) atoms. The third-order valence-electron chi connectivity index (χ3n) is 16.3. The number of amides is 2. The molecule has 8 bridgehead atoms. The fraction of sp³-hybridized carbons (Fsp3) is 0.620. The number of thiazole rings is 1. The van der Waals surface area contributed by atoms with Crippen molar-refractivity contribution in [1.82, 2.24) is 40.1 Å². The number of pyridine rings is 1. The smallest absolute Gasteiger partial charge is 0.325 e. The first-order valence-corrected chi connectivity index (χ1v) is 24.7. The van der Waals surface area contributed by atoms with Crippen molar-refractivity contribution < 1.29 is 28.6 Å². The highest BCUT2D eigenvalue weighted by atomic mass is 32.1. The topological polar surface area (TPSA) is 143 Å². The van der Waals surface area contributed by atoms with Gasteiger partial charge in [-0.3, -0.25) is 34.2 Å². The monoisotopic (exact) mass is 904 g/mol. The van der Waals surface area contributed by atoms with Crippen molar-refractivity contribution in [1.29, 1.82) is 0 Å². The van der Waals surface area contributed by atoms with Crippen LogP contribution in [0.15, 0.2) is 41.9 Å². The van der Waals surface area contributed by atoms with E-state index < -0.39 is 29.1 Å². The highest BCUT2D eigenvalue weighted by molar-refractivity contribution is 7.10. The molecule has 3 aromatic heterocycles. The summed E-state index contributed by atoms with van der Waals surface area (Å²) in [6.45, 7) is 15.9. The van der Waals surface area contributed by atoms with Crippen LogP contribution in [0.25, 0.3) is 33.4 Å². The van der Waals surface area contributed by atoms with Crippen molar-refractivity contribution in [3.05, 3.63) is 58.2 Å². The molecule has 4 saturated heterocycles. The van der Waals surface area contributed by atoms with Crippen LogP contribution in [0.3, 0.4) is 0 Å². The molecule has 2 N–H and O–H groups in total. The Kier molecular flexibility index (Phi) is 10.6. The summed E-state index contributed by atoms with van der Waals surface area (Å²) < 4.78 is 20.8. The van der Waals surface area contributed by atoms with E-state index in [4.69, 9.17) is 24.2 Å². The number of carbonyl (C=O) groups excluding carboxylic acids is 3. The Labute approximate surface area is 385 Å². The van der Waals surface area contributed by atoms with Gasteiger partial charge in [-0.15, -0.1) is 11.3 Å². The molecule has 8 heterocycles. The van der Waals surface area contributed by atoms with E-state index in [0.29, 0.717) is 38.4 Å². The van der Waals surface area contributed by atoms with Crippen LogP contribution in [-0.4, -0.2) is 124 Å². The van der Waals surface area contributed by atoms with E-state index in [1.54, 1.807) is 19.2 Å². The van der Waals surface area contributed by atoms with Crippen LogP contribution in [0.1, 0.15) is 102 Å². The zero-order valence-corrected chi connectivity index (χ0v) is 39.8. The number of fused-ring (bicyclic) bond motifs is 4. The third kappa shape index (κ3) is 7.43. The van der Waals surface area contributed by atoms with Crippen LogP contribution in [-0.2, 0) is 35.0 Å². The number of esters is 1. The average molecular weight is 905 g/mol. The number of likely N-dealkylation sites (tertiary alicyclic amines) is 2. The van der Waals surface area contributed by atoms with Gasteiger partial charge < -0.3 is 24.1 Å². The molecule has 3 saturated carbocycles. The number of rotatable bonds is 9. The maximum atomic E-state index is 15.3. The number of nitrogens with zero attached hydrogens (tertiary/aromatic N) is 6. The van der Waals surface area contributed by atoms with Gasteiger partial charge in [0, 0.05) is 97.4 Å². The highest BCUT2D eigenvalue weighted by Crippen LogP contribution is 2.49. The fourth-order valence-electron chi connectivity index (χ4n) is 11.7. The average Bonchev–Trinajstić information content (AvgIpc) is 4.11. The lowest BCUT2D eigenvalue weighted by Crippen LogP contribution is -2.73. The molecule has 8 aliphatic rings. The van der Waals surface area contributed by atoms with Gasteiger partial charge in [-0.05, 0) is 93.5 Å². The maximum Gasteiger partial charge on any atom is 0.325 e. The number of aromatic nitrogens is 3. The second kappa shape index (κ2) is 15.9. The van der Waals surface area contributed by atoms with Crippen LogP contribution >= 0.6 is 11.3 Å². The highest BCUT2D eigenvalue weighted by Gasteiger charge is 2.56. The minimum absolute atomic E-state index is 0.0500. The molecule has 5 aliphatic heterocycles. The van der Waals surface area contributed by atoms with Crippen molar-refractivity contribution in [2.75, 3.05) is 47.0 Å². The Balaban J connectivity index is 1.08.